The van der Waals surface area contributed by atoms with Crippen LogP contribution in [0.4, 0.5) is 0 Å². The molecular weight excluding hydrogens is 254 g/mol. The van der Waals surface area contributed by atoms with Crippen LogP contribution in [-0.4, -0.2) is 46.3 Å². The van der Waals surface area contributed by atoms with Crippen LogP contribution in [0.3, 0.4) is 0 Å². The van der Waals surface area contributed by atoms with Crippen molar-refractivity contribution in [3.63, 3.8) is 0 Å². The van der Waals surface area contributed by atoms with Crippen molar-refractivity contribution in [2.45, 2.75) is 64.4 Å². The van der Waals surface area contributed by atoms with Crippen LogP contribution < -0.4 is 0 Å². The van der Waals surface area contributed by atoms with Gasteiger partial charge < -0.3 is 10.2 Å². The van der Waals surface area contributed by atoms with Gasteiger partial charge in [-0.25, -0.2) is 0 Å². The minimum atomic E-state index is -0.704. The van der Waals surface area contributed by atoms with Crippen molar-refractivity contribution in [3.05, 3.63) is 0 Å². The summed E-state index contributed by atoms with van der Waals surface area (Å²) in [6.45, 7) is 7.41. The highest BCUT2D eigenvalue weighted by atomic mass is 16.4. The third kappa shape index (κ3) is 3.34. The predicted molar refractivity (Wildman–Crippen MR) is 78.6 cm³/mol. The van der Waals surface area contributed by atoms with Crippen LogP contribution in [0.25, 0.3) is 0 Å². The molecule has 2 N–H and O–H groups in total. The van der Waals surface area contributed by atoms with Gasteiger partial charge in [-0.1, -0.05) is 13.8 Å². The molecule has 0 atom stereocenters. The van der Waals surface area contributed by atoms with Crippen LogP contribution in [0, 0.1) is 11.3 Å². The molecule has 0 aromatic heterocycles. The zero-order valence-electron chi connectivity index (χ0n) is 12.9. The van der Waals surface area contributed by atoms with E-state index in [1.54, 1.807) is 0 Å². The molecule has 1 aliphatic carbocycles. The standard InChI is InChI=1S/C16H29NO3/c1-3-15(4-2)9-10-17(11-15)12-16(20)7-5-13(6-8-16)14(18)19/h13,20H,3-12H2,1-2H3,(H,18,19). The SMILES string of the molecule is CCC1(CC)CCN(CC2(O)CCC(C(=O)O)CC2)C1. The molecule has 1 saturated heterocycles. The summed E-state index contributed by atoms with van der Waals surface area (Å²) in [5.41, 5.74) is -0.224. The number of likely N-dealkylation sites (tertiary alicyclic amines) is 1. The summed E-state index contributed by atoms with van der Waals surface area (Å²) in [5.74, 6) is -0.955. The van der Waals surface area contributed by atoms with Crippen molar-refractivity contribution >= 4 is 5.97 Å². The van der Waals surface area contributed by atoms with E-state index in [2.05, 4.69) is 18.7 Å². The molecule has 0 spiro atoms. The van der Waals surface area contributed by atoms with Gasteiger partial charge in [-0.3, -0.25) is 9.69 Å². The van der Waals surface area contributed by atoms with Crippen LogP contribution in [0.15, 0.2) is 0 Å². The second-order valence-corrected chi connectivity index (χ2v) is 7.00. The molecule has 4 heteroatoms. The molecule has 116 valence electrons. The molecule has 2 rings (SSSR count). The zero-order chi connectivity index (χ0) is 14.8. The Balaban J connectivity index is 1.87. The van der Waals surface area contributed by atoms with E-state index in [1.165, 1.54) is 19.3 Å². The van der Waals surface area contributed by atoms with Crippen molar-refractivity contribution in [2.75, 3.05) is 19.6 Å². The van der Waals surface area contributed by atoms with Gasteiger partial charge >= 0.3 is 5.97 Å². The van der Waals surface area contributed by atoms with E-state index in [4.69, 9.17) is 5.11 Å². The normalized spacial score (nSPS) is 34.2. The number of hydrogen-bond acceptors (Lipinski definition) is 3. The molecule has 1 heterocycles. The average molecular weight is 283 g/mol. The number of rotatable bonds is 5. The van der Waals surface area contributed by atoms with E-state index in [0.29, 0.717) is 31.1 Å². The Kier molecular flexibility index (Phi) is 4.75. The number of β-amino-alcohol motifs (C(OH)–C–C–N with tert-alkyl or cyclic N) is 1. The molecule has 1 aliphatic heterocycles. The quantitative estimate of drug-likeness (QED) is 0.814. The Bertz CT molecular complexity index is 344. The first-order valence-electron chi connectivity index (χ1n) is 8.09. The van der Waals surface area contributed by atoms with Crippen LogP contribution in [0.1, 0.15) is 58.8 Å². The lowest BCUT2D eigenvalue weighted by atomic mass is 9.78. The summed E-state index contributed by atoms with van der Waals surface area (Å²) in [4.78, 5) is 13.4. The third-order valence-corrected chi connectivity index (χ3v) is 5.80. The summed E-state index contributed by atoms with van der Waals surface area (Å²) >= 11 is 0. The largest absolute Gasteiger partial charge is 0.481 e. The Hall–Kier alpha value is -0.610. The maximum Gasteiger partial charge on any atom is 0.306 e. The molecule has 2 fully saturated rings. The number of aliphatic hydroxyl groups is 1. The highest BCUT2D eigenvalue weighted by Gasteiger charge is 2.41. The van der Waals surface area contributed by atoms with Gasteiger partial charge in [0.15, 0.2) is 0 Å². The molecule has 20 heavy (non-hydrogen) atoms. The van der Waals surface area contributed by atoms with Crippen LogP contribution in [-0.2, 0) is 4.79 Å². The van der Waals surface area contributed by atoms with E-state index < -0.39 is 11.6 Å². The van der Waals surface area contributed by atoms with Crippen LogP contribution in [0.2, 0.25) is 0 Å². The number of nitrogens with zero attached hydrogens (tertiary/aromatic N) is 1. The lowest BCUT2D eigenvalue weighted by Gasteiger charge is -2.38. The Morgan fingerprint density at radius 1 is 1.20 bits per heavy atom. The number of carboxylic acids is 1. The van der Waals surface area contributed by atoms with E-state index in [9.17, 15) is 9.90 Å². The van der Waals surface area contributed by atoms with Crippen molar-refractivity contribution in [2.24, 2.45) is 11.3 Å². The Morgan fingerprint density at radius 2 is 1.80 bits per heavy atom. The van der Waals surface area contributed by atoms with Gasteiger partial charge in [0, 0.05) is 13.1 Å². The Morgan fingerprint density at radius 3 is 2.25 bits per heavy atom. The molecule has 0 bridgehead atoms. The molecule has 2 aliphatic rings. The second kappa shape index (κ2) is 6.02. The van der Waals surface area contributed by atoms with Gasteiger partial charge in [0.2, 0.25) is 0 Å². The van der Waals surface area contributed by atoms with Crippen molar-refractivity contribution in [1.82, 2.24) is 4.90 Å². The fraction of sp³-hybridized carbons (Fsp3) is 0.938. The minimum absolute atomic E-state index is 0.251. The molecule has 0 unspecified atom stereocenters. The lowest BCUT2D eigenvalue weighted by Crippen LogP contribution is -2.46. The van der Waals surface area contributed by atoms with E-state index >= 15 is 0 Å². The molecule has 0 aromatic carbocycles. The molecular formula is C16H29NO3. The predicted octanol–water partition coefficient (Wildman–Crippen LogP) is 2.50. The van der Waals surface area contributed by atoms with Gasteiger partial charge in [-0.15, -0.1) is 0 Å². The summed E-state index contributed by atoms with van der Waals surface area (Å²) in [6, 6.07) is 0. The fourth-order valence-corrected chi connectivity index (χ4v) is 3.97. The third-order valence-electron chi connectivity index (χ3n) is 5.80. The van der Waals surface area contributed by atoms with Gasteiger partial charge in [0.1, 0.15) is 0 Å². The van der Waals surface area contributed by atoms with E-state index in [0.717, 1.165) is 19.6 Å². The topological polar surface area (TPSA) is 60.8 Å². The summed E-state index contributed by atoms with van der Waals surface area (Å²) in [5, 5.41) is 19.7. The lowest BCUT2D eigenvalue weighted by molar-refractivity contribution is -0.145. The second-order valence-electron chi connectivity index (χ2n) is 7.00. The summed E-state index contributed by atoms with van der Waals surface area (Å²) in [6.07, 6.45) is 6.14. The monoisotopic (exact) mass is 283 g/mol. The van der Waals surface area contributed by atoms with Crippen molar-refractivity contribution < 1.29 is 15.0 Å². The smallest absolute Gasteiger partial charge is 0.306 e. The van der Waals surface area contributed by atoms with Gasteiger partial charge in [-0.05, 0) is 56.9 Å². The molecule has 1 saturated carbocycles. The number of carbonyl (C=O) groups is 1. The maximum atomic E-state index is 11.0. The minimum Gasteiger partial charge on any atom is -0.481 e. The fourth-order valence-electron chi connectivity index (χ4n) is 3.97. The average Bonchev–Trinajstić information content (AvgIpc) is 2.82. The van der Waals surface area contributed by atoms with Gasteiger partial charge in [-0.2, -0.15) is 0 Å². The number of aliphatic carboxylic acids is 1. The molecule has 0 amide bonds. The molecule has 0 aromatic rings. The van der Waals surface area contributed by atoms with E-state index in [1.807, 2.05) is 0 Å². The van der Waals surface area contributed by atoms with Crippen molar-refractivity contribution in [3.8, 4) is 0 Å². The first kappa shape index (κ1) is 15.8. The highest BCUT2D eigenvalue weighted by molar-refractivity contribution is 5.70. The summed E-state index contributed by atoms with van der Waals surface area (Å²) in [7, 11) is 0. The van der Waals surface area contributed by atoms with Crippen molar-refractivity contribution in [1.29, 1.82) is 0 Å². The van der Waals surface area contributed by atoms with Gasteiger partial charge in [0.25, 0.3) is 0 Å². The van der Waals surface area contributed by atoms with Crippen LogP contribution in [0.5, 0.6) is 0 Å². The zero-order valence-corrected chi connectivity index (χ0v) is 12.9. The van der Waals surface area contributed by atoms with E-state index in [-0.39, 0.29) is 5.92 Å². The molecule has 4 nitrogen and oxygen atoms in total. The Labute approximate surface area is 122 Å². The van der Waals surface area contributed by atoms with Gasteiger partial charge in [0.05, 0.1) is 11.5 Å². The number of carboxylic acid groups (broad SMARTS) is 1. The van der Waals surface area contributed by atoms with Crippen LogP contribution >= 0.6 is 0 Å². The molecule has 0 radical (unpaired) electrons. The highest BCUT2D eigenvalue weighted by Crippen LogP contribution is 2.39. The first-order chi connectivity index (χ1) is 9.42. The first-order valence-corrected chi connectivity index (χ1v) is 8.09. The maximum absolute atomic E-state index is 11.0. The number of hydrogen-bond donors (Lipinski definition) is 2. The summed E-state index contributed by atoms with van der Waals surface area (Å²) < 4.78 is 0.